The van der Waals surface area contributed by atoms with Gasteiger partial charge in [0, 0.05) is 17.4 Å². The van der Waals surface area contributed by atoms with Crippen molar-refractivity contribution in [3.8, 4) is 11.5 Å². The van der Waals surface area contributed by atoms with Gasteiger partial charge in [-0.1, -0.05) is 18.2 Å². The number of aliphatic imine (C=N–C) groups is 1. The summed E-state index contributed by atoms with van der Waals surface area (Å²) in [6.07, 6.45) is 1.74. The minimum absolute atomic E-state index is 0.00999. The normalized spacial score (nSPS) is 16.8. The predicted octanol–water partition coefficient (Wildman–Crippen LogP) is 3.20. The quantitative estimate of drug-likeness (QED) is 0.591. The van der Waals surface area contributed by atoms with Crippen LogP contribution < -0.4 is 16.2 Å². The van der Waals surface area contributed by atoms with Crippen LogP contribution in [-0.2, 0) is 0 Å². The molecule has 25 heavy (non-hydrogen) atoms. The second-order valence-electron chi connectivity index (χ2n) is 6.29. The van der Waals surface area contributed by atoms with Crippen LogP contribution in [0.5, 0.6) is 11.5 Å². The minimum Gasteiger partial charge on any atom is -0.457 e. The van der Waals surface area contributed by atoms with Crippen LogP contribution in [0.15, 0.2) is 53.0 Å². The summed E-state index contributed by atoms with van der Waals surface area (Å²) in [6, 6.07) is 13.4. The summed E-state index contributed by atoms with van der Waals surface area (Å²) in [5, 5.41) is 7.78. The Hall–Kier alpha value is -2.92. The molecule has 0 aromatic heterocycles. The number of nitrogens with two attached hydrogens (primary N) is 2. The molecule has 5 heteroatoms. The predicted molar refractivity (Wildman–Crippen MR) is 103 cm³/mol. The van der Waals surface area contributed by atoms with Gasteiger partial charge >= 0.3 is 0 Å². The average molecular weight is 334 g/mol. The van der Waals surface area contributed by atoms with Gasteiger partial charge in [-0.05, 0) is 54.8 Å². The molecule has 0 saturated carbocycles. The lowest BCUT2D eigenvalue weighted by Crippen LogP contribution is -2.36. The third kappa shape index (κ3) is 3.78. The number of hydrogen-bond acceptors (Lipinski definition) is 4. The first-order valence-corrected chi connectivity index (χ1v) is 8.14. The van der Waals surface area contributed by atoms with Crippen molar-refractivity contribution < 1.29 is 4.74 Å². The standard InChI is InChI=1S/C20H22N4O/c1-12-7-13(2)9-16(8-12)25-15-5-3-14(4-6-15)17-10-24-11-18(21)19(17)20(22)23/h3-10,18H,11,21H2,1-2H3,(H3,22,23). The van der Waals surface area contributed by atoms with E-state index in [4.69, 9.17) is 21.6 Å². The first-order valence-electron chi connectivity index (χ1n) is 8.14. The highest BCUT2D eigenvalue weighted by molar-refractivity contribution is 6.20. The third-order valence-corrected chi connectivity index (χ3v) is 4.07. The van der Waals surface area contributed by atoms with Crippen molar-refractivity contribution in [2.24, 2.45) is 16.5 Å². The fourth-order valence-electron chi connectivity index (χ4n) is 3.02. The summed E-state index contributed by atoms with van der Waals surface area (Å²) < 4.78 is 5.94. The number of nitrogens with zero attached hydrogens (tertiary/aromatic N) is 1. The minimum atomic E-state index is -0.344. The van der Waals surface area contributed by atoms with Crippen molar-refractivity contribution in [2.75, 3.05) is 6.54 Å². The topological polar surface area (TPSA) is 97.5 Å². The molecule has 0 spiro atoms. The van der Waals surface area contributed by atoms with E-state index in [9.17, 15) is 0 Å². The van der Waals surface area contributed by atoms with E-state index in [1.54, 1.807) is 6.21 Å². The molecule has 0 bridgehead atoms. The number of hydrogen-bond donors (Lipinski definition) is 3. The van der Waals surface area contributed by atoms with Gasteiger partial charge in [0.2, 0.25) is 0 Å². The highest BCUT2D eigenvalue weighted by Gasteiger charge is 2.20. The zero-order valence-corrected chi connectivity index (χ0v) is 14.4. The second kappa shape index (κ2) is 6.91. The number of aryl methyl sites for hydroxylation is 2. The largest absolute Gasteiger partial charge is 0.457 e. The van der Waals surface area contributed by atoms with Crippen LogP contribution in [0.1, 0.15) is 16.7 Å². The first-order chi connectivity index (χ1) is 11.9. The Morgan fingerprint density at radius 3 is 2.32 bits per heavy atom. The molecule has 1 unspecified atom stereocenters. The third-order valence-electron chi connectivity index (χ3n) is 4.07. The molecule has 128 valence electrons. The van der Waals surface area contributed by atoms with Gasteiger partial charge in [0.25, 0.3) is 0 Å². The lowest BCUT2D eigenvalue weighted by Gasteiger charge is -2.21. The molecule has 2 aromatic carbocycles. The Morgan fingerprint density at radius 1 is 1.08 bits per heavy atom. The summed E-state index contributed by atoms with van der Waals surface area (Å²) in [6.45, 7) is 4.54. The van der Waals surface area contributed by atoms with Gasteiger partial charge in [-0.3, -0.25) is 10.4 Å². The van der Waals surface area contributed by atoms with E-state index in [0.717, 1.165) is 33.8 Å². The zero-order chi connectivity index (χ0) is 18.0. The molecule has 0 radical (unpaired) electrons. The fraction of sp³-hybridized carbons (Fsp3) is 0.200. The summed E-state index contributed by atoms with van der Waals surface area (Å²) in [5.74, 6) is 1.55. The first kappa shape index (κ1) is 16.9. The van der Waals surface area contributed by atoms with E-state index in [2.05, 4.69) is 11.1 Å². The van der Waals surface area contributed by atoms with E-state index in [1.807, 2.05) is 50.2 Å². The van der Waals surface area contributed by atoms with E-state index >= 15 is 0 Å². The molecule has 1 heterocycles. The molecular formula is C20H22N4O. The number of amidine groups is 1. The van der Waals surface area contributed by atoms with Gasteiger partial charge in [-0.25, -0.2) is 0 Å². The second-order valence-corrected chi connectivity index (χ2v) is 6.29. The van der Waals surface area contributed by atoms with Gasteiger partial charge < -0.3 is 16.2 Å². The van der Waals surface area contributed by atoms with Gasteiger partial charge in [0.1, 0.15) is 17.3 Å². The van der Waals surface area contributed by atoms with Crippen molar-refractivity contribution in [2.45, 2.75) is 19.9 Å². The number of allylic oxidation sites excluding steroid dienone is 1. The number of nitrogens with one attached hydrogen (secondary N) is 1. The maximum Gasteiger partial charge on any atom is 0.127 e. The Labute approximate surface area is 147 Å². The monoisotopic (exact) mass is 334 g/mol. The molecule has 5 nitrogen and oxygen atoms in total. The van der Waals surface area contributed by atoms with Crippen molar-refractivity contribution in [3.63, 3.8) is 0 Å². The van der Waals surface area contributed by atoms with Crippen molar-refractivity contribution in [1.82, 2.24) is 0 Å². The maximum atomic E-state index is 7.78. The molecule has 1 aliphatic heterocycles. The summed E-state index contributed by atoms with van der Waals surface area (Å²) in [5.41, 5.74) is 16.4. The fourth-order valence-corrected chi connectivity index (χ4v) is 3.02. The smallest absolute Gasteiger partial charge is 0.127 e. The summed E-state index contributed by atoms with van der Waals surface area (Å²) in [4.78, 5) is 4.27. The van der Waals surface area contributed by atoms with E-state index in [0.29, 0.717) is 12.1 Å². The van der Waals surface area contributed by atoms with Crippen molar-refractivity contribution in [1.29, 1.82) is 5.41 Å². The van der Waals surface area contributed by atoms with Crippen LogP contribution >= 0.6 is 0 Å². The van der Waals surface area contributed by atoms with Gasteiger partial charge in [-0.2, -0.15) is 0 Å². The SMILES string of the molecule is Cc1cc(C)cc(Oc2ccc(C3=C(C(=N)N)C(N)CN=C3)cc2)c1. The molecule has 2 aromatic rings. The number of dihydropyridines is 1. The molecular weight excluding hydrogens is 312 g/mol. The lowest BCUT2D eigenvalue weighted by atomic mass is 9.93. The molecule has 0 fully saturated rings. The molecule has 0 amide bonds. The number of rotatable bonds is 4. The zero-order valence-electron chi connectivity index (χ0n) is 14.4. The molecule has 5 N–H and O–H groups in total. The molecule has 3 rings (SSSR count). The molecule has 0 saturated heterocycles. The van der Waals surface area contributed by atoms with Crippen LogP contribution in [0.3, 0.4) is 0 Å². The van der Waals surface area contributed by atoms with Crippen molar-refractivity contribution >= 4 is 17.6 Å². The average Bonchev–Trinajstić information content (AvgIpc) is 2.54. The van der Waals surface area contributed by atoms with Crippen molar-refractivity contribution in [3.05, 3.63) is 64.7 Å². The Bertz CT molecular complexity index is 846. The molecule has 1 atom stereocenters. The number of ether oxygens (including phenoxy) is 1. The summed E-state index contributed by atoms with van der Waals surface area (Å²) in [7, 11) is 0. The van der Waals surface area contributed by atoms with Crippen LogP contribution in [0.2, 0.25) is 0 Å². The van der Waals surface area contributed by atoms with Crippen LogP contribution in [0.4, 0.5) is 0 Å². The maximum absolute atomic E-state index is 7.78. The van der Waals surface area contributed by atoms with Crippen LogP contribution in [-0.4, -0.2) is 24.6 Å². The van der Waals surface area contributed by atoms with E-state index in [-0.39, 0.29) is 11.9 Å². The Kier molecular flexibility index (Phi) is 4.67. The highest BCUT2D eigenvalue weighted by atomic mass is 16.5. The van der Waals surface area contributed by atoms with Gasteiger partial charge in [-0.15, -0.1) is 0 Å². The van der Waals surface area contributed by atoms with Gasteiger partial charge in [0.05, 0.1) is 12.6 Å². The Balaban J connectivity index is 1.88. The highest BCUT2D eigenvalue weighted by Crippen LogP contribution is 2.27. The van der Waals surface area contributed by atoms with E-state index in [1.165, 1.54) is 0 Å². The van der Waals surface area contributed by atoms with Crippen LogP contribution in [0.25, 0.3) is 5.57 Å². The lowest BCUT2D eigenvalue weighted by molar-refractivity contribution is 0.482. The Morgan fingerprint density at radius 2 is 1.72 bits per heavy atom. The van der Waals surface area contributed by atoms with Gasteiger partial charge in [0.15, 0.2) is 0 Å². The van der Waals surface area contributed by atoms with Crippen LogP contribution in [0, 0.1) is 19.3 Å². The number of benzene rings is 2. The van der Waals surface area contributed by atoms with E-state index < -0.39 is 0 Å². The molecule has 1 aliphatic rings. The summed E-state index contributed by atoms with van der Waals surface area (Å²) >= 11 is 0. The molecule has 0 aliphatic carbocycles.